The molecular weight excluding hydrogens is 366 g/mol. The monoisotopic (exact) mass is 389 g/mol. The SMILES string of the molecule is O=C(O)C(CNC(=O)C1OCCc2ccccc21)Cc1cccc2ccccc12. The molecule has 0 radical (unpaired) electrons. The molecule has 1 amide bonds. The van der Waals surface area contributed by atoms with Crippen LogP contribution in [0.15, 0.2) is 66.7 Å². The van der Waals surface area contributed by atoms with Gasteiger partial charge in [0.05, 0.1) is 12.5 Å². The molecular formula is C24H23NO4. The highest BCUT2D eigenvalue weighted by Crippen LogP contribution is 2.27. The van der Waals surface area contributed by atoms with Crippen molar-refractivity contribution in [3.8, 4) is 0 Å². The molecule has 0 saturated carbocycles. The zero-order chi connectivity index (χ0) is 20.2. The molecule has 0 spiro atoms. The van der Waals surface area contributed by atoms with Gasteiger partial charge < -0.3 is 15.2 Å². The lowest BCUT2D eigenvalue weighted by Gasteiger charge is -2.25. The maximum Gasteiger partial charge on any atom is 0.308 e. The van der Waals surface area contributed by atoms with Gasteiger partial charge in [0.25, 0.3) is 5.91 Å². The van der Waals surface area contributed by atoms with Crippen LogP contribution in [-0.2, 0) is 27.2 Å². The highest BCUT2D eigenvalue weighted by Gasteiger charge is 2.28. The molecule has 2 N–H and O–H groups in total. The Bertz CT molecular complexity index is 1040. The van der Waals surface area contributed by atoms with E-state index >= 15 is 0 Å². The molecule has 0 aromatic heterocycles. The van der Waals surface area contributed by atoms with E-state index in [0.29, 0.717) is 13.0 Å². The normalized spacial score (nSPS) is 16.8. The van der Waals surface area contributed by atoms with E-state index in [4.69, 9.17) is 4.74 Å². The standard InChI is InChI=1S/C24H23NO4/c26-23(22-21-11-4-2-7-17(21)12-13-29-22)25-15-19(24(27)28)14-18-9-5-8-16-6-1-3-10-20(16)18/h1-11,19,22H,12-15H2,(H,25,26)(H,27,28). The molecule has 29 heavy (non-hydrogen) atoms. The Labute approximate surface area is 169 Å². The van der Waals surface area contributed by atoms with Crippen molar-refractivity contribution in [2.45, 2.75) is 18.9 Å². The number of fused-ring (bicyclic) bond motifs is 2. The molecule has 5 nitrogen and oxygen atoms in total. The first kappa shape index (κ1) is 19.2. The van der Waals surface area contributed by atoms with Gasteiger partial charge in [0.1, 0.15) is 0 Å². The highest BCUT2D eigenvalue weighted by molar-refractivity contribution is 5.86. The Balaban J connectivity index is 1.47. The molecule has 2 atom stereocenters. The van der Waals surface area contributed by atoms with Crippen LogP contribution in [0.1, 0.15) is 22.8 Å². The Kier molecular flexibility index (Phi) is 5.58. The second-order valence-electron chi connectivity index (χ2n) is 7.32. The van der Waals surface area contributed by atoms with Gasteiger partial charge >= 0.3 is 5.97 Å². The number of carboxylic acids is 1. The van der Waals surface area contributed by atoms with Crippen LogP contribution in [0.4, 0.5) is 0 Å². The van der Waals surface area contributed by atoms with E-state index in [0.717, 1.165) is 33.9 Å². The van der Waals surface area contributed by atoms with Crippen molar-refractivity contribution in [3.63, 3.8) is 0 Å². The first-order valence-corrected chi connectivity index (χ1v) is 9.80. The summed E-state index contributed by atoms with van der Waals surface area (Å²) < 4.78 is 5.68. The van der Waals surface area contributed by atoms with Gasteiger partial charge in [-0.3, -0.25) is 9.59 Å². The largest absolute Gasteiger partial charge is 0.481 e. The van der Waals surface area contributed by atoms with Crippen LogP contribution in [-0.4, -0.2) is 30.1 Å². The number of carboxylic acid groups (broad SMARTS) is 1. The molecule has 0 bridgehead atoms. The Hall–Kier alpha value is -3.18. The predicted octanol–water partition coefficient (Wildman–Crippen LogP) is 3.51. The molecule has 2 unspecified atom stereocenters. The van der Waals surface area contributed by atoms with Gasteiger partial charge in [0.2, 0.25) is 0 Å². The molecule has 1 aliphatic rings. The molecule has 0 fully saturated rings. The number of amides is 1. The molecule has 0 saturated heterocycles. The maximum atomic E-state index is 12.7. The van der Waals surface area contributed by atoms with E-state index in [9.17, 15) is 14.7 Å². The number of hydrogen-bond donors (Lipinski definition) is 2. The molecule has 3 aromatic rings. The topological polar surface area (TPSA) is 75.6 Å². The van der Waals surface area contributed by atoms with Crippen LogP contribution in [0, 0.1) is 5.92 Å². The lowest BCUT2D eigenvalue weighted by molar-refractivity contribution is -0.142. The number of ether oxygens (including phenoxy) is 1. The summed E-state index contributed by atoms with van der Waals surface area (Å²) in [4.78, 5) is 24.6. The molecule has 1 aliphatic heterocycles. The first-order valence-electron chi connectivity index (χ1n) is 9.80. The second-order valence-corrected chi connectivity index (χ2v) is 7.32. The van der Waals surface area contributed by atoms with Crippen LogP contribution in [0.3, 0.4) is 0 Å². The third kappa shape index (κ3) is 4.15. The lowest BCUT2D eigenvalue weighted by Crippen LogP contribution is -2.38. The number of benzene rings is 3. The summed E-state index contributed by atoms with van der Waals surface area (Å²) >= 11 is 0. The second kappa shape index (κ2) is 8.45. The van der Waals surface area contributed by atoms with Crippen LogP contribution in [0.2, 0.25) is 0 Å². The molecule has 5 heteroatoms. The van der Waals surface area contributed by atoms with E-state index in [-0.39, 0.29) is 12.5 Å². The van der Waals surface area contributed by atoms with Crippen LogP contribution in [0.25, 0.3) is 10.8 Å². The summed E-state index contributed by atoms with van der Waals surface area (Å²) in [6.45, 7) is 0.535. The summed E-state index contributed by atoms with van der Waals surface area (Å²) in [6.07, 6.45) is 0.435. The van der Waals surface area contributed by atoms with Gasteiger partial charge in [-0.25, -0.2) is 0 Å². The number of carbonyl (C=O) groups is 2. The van der Waals surface area contributed by atoms with Gasteiger partial charge in [0, 0.05) is 6.54 Å². The van der Waals surface area contributed by atoms with Gasteiger partial charge in [-0.05, 0) is 40.3 Å². The minimum atomic E-state index is -0.928. The van der Waals surface area contributed by atoms with Crippen molar-refractivity contribution in [1.29, 1.82) is 0 Å². The highest BCUT2D eigenvalue weighted by atomic mass is 16.5. The van der Waals surface area contributed by atoms with Crippen molar-refractivity contribution < 1.29 is 19.4 Å². The fraction of sp³-hybridized carbons (Fsp3) is 0.250. The van der Waals surface area contributed by atoms with Gasteiger partial charge in [-0.15, -0.1) is 0 Å². The van der Waals surface area contributed by atoms with Crippen molar-refractivity contribution in [2.24, 2.45) is 5.92 Å². The smallest absolute Gasteiger partial charge is 0.308 e. The number of aliphatic carboxylic acids is 1. The molecule has 4 rings (SSSR count). The minimum absolute atomic E-state index is 0.0550. The lowest BCUT2D eigenvalue weighted by atomic mass is 9.94. The fourth-order valence-corrected chi connectivity index (χ4v) is 3.91. The zero-order valence-corrected chi connectivity index (χ0v) is 16.0. The van der Waals surface area contributed by atoms with E-state index < -0.39 is 18.0 Å². The van der Waals surface area contributed by atoms with Crippen LogP contribution < -0.4 is 5.32 Å². The average Bonchev–Trinajstić information content (AvgIpc) is 2.76. The Morgan fingerprint density at radius 2 is 1.79 bits per heavy atom. The van der Waals surface area contributed by atoms with E-state index in [1.165, 1.54) is 0 Å². The number of hydrogen-bond acceptors (Lipinski definition) is 3. The van der Waals surface area contributed by atoms with Crippen molar-refractivity contribution in [2.75, 3.05) is 13.2 Å². The van der Waals surface area contributed by atoms with Crippen LogP contribution >= 0.6 is 0 Å². The van der Waals surface area contributed by atoms with Gasteiger partial charge in [-0.2, -0.15) is 0 Å². The minimum Gasteiger partial charge on any atom is -0.481 e. The molecule has 3 aromatic carbocycles. The summed E-state index contributed by atoms with van der Waals surface area (Å²) in [5, 5.41) is 14.6. The Morgan fingerprint density at radius 1 is 1.03 bits per heavy atom. The maximum absolute atomic E-state index is 12.7. The summed E-state index contributed by atoms with van der Waals surface area (Å²) in [7, 11) is 0. The third-order valence-corrected chi connectivity index (χ3v) is 5.45. The van der Waals surface area contributed by atoms with Gasteiger partial charge in [0.15, 0.2) is 6.10 Å². The van der Waals surface area contributed by atoms with E-state index in [1.54, 1.807) is 0 Å². The van der Waals surface area contributed by atoms with Crippen molar-refractivity contribution in [3.05, 3.63) is 83.4 Å². The summed E-state index contributed by atoms with van der Waals surface area (Å²) in [5.41, 5.74) is 2.92. The van der Waals surface area contributed by atoms with E-state index in [2.05, 4.69) is 5.32 Å². The number of carbonyl (C=O) groups excluding carboxylic acids is 1. The molecule has 148 valence electrons. The summed E-state index contributed by atoms with van der Waals surface area (Å²) in [6, 6.07) is 21.5. The quantitative estimate of drug-likeness (QED) is 0.676. The van der Waals surface area contributed by atoms with Crippen molar-refractivity contribution >= 4 is 22.6 Å². The first-order chi connectivity index (χ1) is 14.1. The van der Waals surface area contributed by atoms with Crippen LogP contribution in [0.5, 0.6) is 0 Å². The fourth-order valence-electron chi connectivity index (χ4n) is 3.91. The predicted molar refractivity (Wildman–Crippen MR) is 111 cm³/mol. The van der Waals surface area contributed by atoms with E-state index in [1.807, 2.05) is 66.7 Å². The number of nitrogens with one attached hydrogen (secondary N) is 1. The Morgan fingerprint density at radius 3 is 2.66 bits per heavy atom. The zero-order valence-electron chi connectivity index (χ0n) is 16.0. The molecule has 0 aliphatic carbocycles. The van der Waals surface area contributed by atoms with Gasteiger partial charge in [-0.1, -0.05) is 66.7 Å². The number of rotatable bonds is 6. The van der Waals surface area contributed by atoms with Crippen molar-refractivity contribution in [1.82, 2.24) is 5.32 Å². The molecule has 1 heterocycles. The third-order valence-electron chi connectivity index (χ3n) is 5.45. The average molecular weight is 389 g/mol. The summed E-state index contributed by atoms with van der Waals surface area (Å²) in [5.74, 6) is -1.94.